The van der Waals surface area contributed by atoms with Crippen LogP contribution in [0, 0.1) is 0 Å². The standard InChI is InChI=1S/C15H18Cl2O3/c16-9-12-13(17)2-1-3-14(12)20-11-4-6-19-15(8-11)5-7-18-10-15/h1-3,11H,4-10H2. The van der Waals surface area contributed by atoms with Gasteiger partial charge in [-0.3, -0.25) is 0 Å². The third-order valence-electron chi connectivity index (χ3n) is 4.02. The third-order valence-corrected chi connectivity index (χ3v) is 4.64. The average molecular weight is 317 g/mol. The van der Waals surface area contributed by atoms with Crippen molar-refractivity contribution in [2.24, 2.45) is 0 Å². The molecule has 3 nitrogen and oxygen atoms in total. The summed E-state index contributed by atoms with van der Waals surface area (Å²) in [7, 11) is 0. The highest BCUT2D eigenvalue weighted by Crippen LogP contribution is 2.36. The Bertz CT molecular complexity index is 472. The van der Waals surface area contributed by atoms with Gasteiger partial charge in [0.15, 0.2) is 0 Å². The highest BCUT2D eigenvalue weighted by atomic mass is 35.5. The van der Waals surface area contributed by atoms with Crippen LogP contribution < -0.4 is 4.74 Å². The van der Waals surface area contributed by atoms with E-state index in [1.165, 1.54) is 0 Å². The molecule has 2 aliphatic rings. The average Bonchev–Trinajstić information content (AvgIpc) is 2.87. The van der Waals surface area contributed by atoms with Crippen molar-refractivity contribution >= 4 is 23.2 Å². The molecule has 5 heteroatoms. The van der Waals surface area contributed by atoms with Crippen LogP contribution in [-0.2, 0) is 15.4 Å². The highest BCUT2D eigenvalue weighted by Gasteiger charge is 2.41. The monoisotopic (exact) mass is 316 g/mol. The molecule has 0 radical (unpaired) electrons. The summed E-state index contributed by atoms with van der Waals surface area (Å²) in [6, 6.07) is 5.65. The maximum Gasteiger partial charge on any atom is 0.125 e. The molecule has 1 aromatic carbocycles. The smallest absolute Gasteiger partial charge is 0.125 e. The van der Waals surface area contributed by atoms with Crippen LogP contribution in [0.15, 0.2) is 18.2 Å². The van der Waals surface area contributed by atoms with Gasteiger partial charge in [-0.05, 0) is 12.1 Å². The molecule has 20 heavy (non-hydrogen) atoms. The molecule has 0 N–H and O–H groups in total. The summed E-state index contributed by atoms with van der Waals surface area (Å²) in [5, 5.41) is 0.656. The van der Waals surface area contributed by atoms with Crippen LogP contribution in [-0.4, -0.2) is 31.5 Å². The van der Waals surface area contributed by atoms with Gasteiger partial charge in [0, 0.05) is 36.5 Å². The Morgan fingerprint density at radius 2 is 2.25 bits per heavy atom. The fourth-order valence-electron chi connectivity index (χ4n) is 2.91. The molecule has 2 atom stereocenters. The molecule has 0 amide bonds. The molecule has 2 unspecified atom stereocenters. The van der Waals surface area contributed by atoms with Crippen LogP contribution in [0.1, 0.15) is 24.8 Å². The van der Waals surface area contributed by atoms with Crippen molar-refractivity contribution in [2.45, 2.75) is 36.8 Å². The molecule has 2 saturated heterocycles. The Morgan fingerprint density at radius 1 is 1.35 bits per heavy atom. The minimum Gasteiger partial charge on any atom is -0.490 e. The van der Waals surface area contributed by atoms with Crippen molar-refractivity contribution in [1.82, 2.24) is 0 Å². The van der Waals surface area contributed by atoms with E-state index >= 15 is 0 Å². The zero-order valence-electron chi connectivity index (χ0n) is 11.2. The van der Waals surface area contributed by atoms with E-state index in [1.54, 1.807) is 0 Å². The Hall–Kier alpha value is -0.480. The van der Waals surface area contributed by atoms with E-state index in [2.05, 4.69) is 0 Å². The number of alkyl halides is 1. The summed E-state index contributed by atoms with van der Waals surface area (Å²) >= 11 is 12.1. The Morgan fingerprint density at radius 3 is 3.00 bits per heavy atom. The number of ether oxygens (including phenoxy) is 3. The van der Waals surface area contributed by atoms with Gasteiger partial charge in [-0.2, -0.15) is 0 Å². The number of hydrogen-bond acceptors (Lipinski definition) is 3. The highest BCUT2D eigenvalue weighted by molar-refractivity contribution is 6.32. The van der Waals surface area contributed by atoms with Gasteiger partial charge >= 0.3 is 0 Å². The molecule has 2 heterocycles. The van der Waals surface area contributed by atoms with Crippen LogP contribution >= 0.6 is 23.2 Å². The number of benzene rings is 1. The first-order valence-corrected chi connectivity index (χ1v) is 7.85. The minimum atomic E-state index is -0.150. The predicted octanol–water partition coefficient (Wildman–Crippen LogP) is 3.80. The summed E-state index contributed by atoms with van der Waals surface area (Å²) in [5.41, 5.74) is 0.710. The molecule has 0 saturated carbocycles. The summed E-state index contributed by atoms with van der Waals surface area (Å²) in [5.74, 6) is 1.14. The van der Waals surface area contributed by atoms with Gasteiger partial charge in [-0.1, -0.05) is 17.7 Å². The fourth-order valence-corrected chi connectivity index (χ4v) is 3.48. The van der Waals surface area contributed by atoms with Crippen LogP contribution in [0.5, 0.6) is 5.75 Å². The largest absolute Gasteiger partial charge is 0.490 e. The molecule has 1 spiro atoms. The van der Waals surface area contributed by atoms with Crippen molar-refractivity contribution in [3.05, 3.63) is 28.8 Å². The van der Waals surface area contributed by atoms with Gasteiger partial charge in [0.05, 0.1) is 24.7 Å². The van der Waals surface area contributed by atoms with Gasteiger partial charge in [-0.25, -0.2) is 0 Å². The molecule has 110 valence electrons. The van der Waals surface area contributed by atoms with E-state index < -0.39 is 0 Å². The van der Waals surface area contributed by atoms with E-state index in [1.807, 2.05) is 18.2 Å². The molecule has 0 aromatic heterocycles. The molecule has 2 aliphatic heterocycles. The van der Waals surface area contributed by atoms with Crippen molar-refractivity contribution in [3.8, 4) is 5.75 Å². The molecular weight excluding hydrogens is 299 g/mol. The first kappa shape index (κ1) is 14.5. The van der Waals surface area contributed by atoms with E-state index in [9.17, 15) is 0 Å². The van der Waals surface area contributed by atoms with E-state index in [4.69, 9.17) is 37.4 Å². The van der Waals surface area contributed by atoms with Gasteiger partial charge < -0.3 is 14.2 Å². The van der Waals surface area contributed by atoms with E-state index in [-0.39, 0.29) is 11.7 Å². The summed E-state index contributed by atoms with van der Waals surface area (Å²) in [6.45, 7) is 2.16. The van der Waals surface area contributed by atoms with Crippen molar-refractivity contribution in [3.63, 3.8) is 0 Å². The van der Waals surface area contributed by atoms with Gasteiger partial charge in [0.1, 0.15) is 11.9 Å². The van der Waals surface area contributed by atoms with Crippen molar-refractivity contribution in [2.75, 3.05) is 19.8 Å². The van der Waals surface area contributed by atoms with E-state index in [0.29, 0.717) is 24.1 Å². The fraction of sp³-hybridized carbons (Fsp3) is 0.600. The summed E-state index contributed by atoms with van der Waals surface area (Å²) in [6.07, 6.45) is 2.83. The number of halogens is 2. The minimum absolute atomic E-state index is 0.130. The second-order valence-corrected chi connectivity index (χ2v) is 6.09. The van der Waals surface area contributed by atoms with Crippen LogP contribution in [0.2, 0.25) is 5.02 Å². The van der Waals surface area contributed by atoms with Crippen LogP contribution in [0.25, 0.3) is 0 Å². The van der Waals surface area contributed by atoms with Crippen molar-refractivity contribution < 1.29 is 14.2 Å². The van der Waals surface area contributed by atoms with E-state index in [0.717, 1.165) is 37.2 Å². The Labute approximate surface area is 129 Å². The zero-order chi connectivity index (χ0) is 14.0. The normalized spacial score (nSPS) is 29.8. The lowest BCUT2D eigenvalue weighted by molar-refractivity contribution is -0.112. The third kappa shape index (κ3) is 2.91. The predicted molar refractivity (Wildman–Crippen MR) is 78.8 cm³/mol. The lowest BCUT2D eigenvalue weighted by Crippen LogP contribution is -2.44. The Balaban J connectivity index is 1.73. The van der Waals surface area contributed by atoms with Gasteiger partial charge in [-0.15, -0.1) is 11.6 Å². The molecule has 2 fully saturated rings. The van der Waals surface area contributed by atoms with Gasteiger partial charge in [0.2, 0.25) is 0 Å². The van der Waals surface area contributed by atoms with Crippen molar-refractivity contribution in [1.29, 1.82) is 0 Å². The zero-order valence-corrected chi connectivity index (χ0v) is 12.8. The second kappa shape index (κ2) is 6.10. The summed E-state index contributed by atoms with van der Waals surface area (Å²) < 4.78 is 17.5. The summed E-state index contributed by atoms with van der Waals surface area (Å²) in [4.78, 5) is 0. The topological polar surface area (TPSA) is 27.7 Å². The molecule has 1 aromatic rings. The first-order chi connectivity index (χ1) is 9.72. The lowest BCUT2D eigenvalue weighted by atomic mass is 9.91. The maximum absolute atomic E-state index is 6.16. The maximum atomic E-state index is 6.16. The Kier molecular flexibility index (Phi) is 4.41. The SMILES string of the molecule is ClCc1c(Cl)cccc1OC1CCOC2(CCOC2)C1. The molecular formula is C15H18Cl2O3. The lowest BCUT2D eigenvalue weighted by Gasteiger charge is -2.37. The van der Waals surface area contributed by atoms with Crippen LogP contribution in [0.3, 0.4) is 0 Å². The molecule has 0 bridgehead atoms. The second-order valence-electron chi connectivity index (χ2n) is 5.42. The molecule has 0 aliphatic carbocycles. The molecule has 3 rings (SSSR count). The number of hydrogen-bond donors (Lipinski definition) is 0. The van der Waals surface area contributed by atoms with Gasteiger partial charge in [0.25, 0.3) is 0 Å². The van der Waals surface area contributed by atoms with Crippen LogP contribution in [0.4, 0.5) is 0 Å². The quantitative estimate of drug-likeness (QED) is 0.794. The number of rotatable bonds is 3. The first-order valence-electron chi connectivity index (χ1n) is 6.94.